The summed E-state index contributed by atoms with van der Waals surface area (Å²) in [6, 6.07) is 5.34. The number of hydrogen-bond donors (Lipinski definition) is 1. The summed E-state index contributed by atoms with van der Waals surface area (Å²) >= 11 is 0. The smallest absolute Gasteiger partial charge is 0.317 e. The van der Waals surface area contributed by atoms with E-state index in [1.54, 1.807) is 11.0 Å². The van der Waals surface area contributed by atoms with Crippen molar-refractivity contribution in [2.24, 2.45) is 0 Å². The monoisotopic (exact) mass is 322 g/mol. The molecule has 2 heterocycles. The Labute approximate surface area is 135 Å². The predicted molar refractivity (Wildman–Crippen MR) is 83.0 cm³/mol. The number of ether oxygens (including phenoxy) is 4. The van der Waals surface area contributed by atoms with Gasteiger partial charge in [-0.3, -0.25) is 0 Å². The molecule has 0 spiro atoms. The lowest BCUT2D eigenvalue weighted by molar-refractivity contribution is -0.0545. The highest BCUT2D eigenvalue weighted by molar-refractivity contribution is 5.74. The third kappa shape index (κ3) is 3.98. The van der Waals surface area contributed by atoms with E-state index in [0.717, 1.165) is 5.75 Å². The van der Waals surface area contributed by atoms with E-state index in [9.17, 15) is 4.79 Å². The number of urea groups is 1. The fourth-order valence-electron chi connectivity index (χ4n) is 2.75. The number of amides is 2. The molecule has 2 aliphatic heterocycles. The van der Waals surface area contributed by atoms with E-state index < -0.39 is 0 Å². The average molecular weight is 322 g/mol. The molecule has 2 amide bonds. The maximum absolute atomic E-state index is 12.1. The molecule has 2 aliphatic rings. The van der Waals surface area contributed by atoms with Crippen LogP contribution >= 0.6 is 0 Å². The van der Waals surface area contributed by atoms with Crippen LogP contribution in [0.15, 0.2) is 18.2 Å². The average Bonchev–Trinajstić information content (AvgIpc) is 2.98. The van der Waals surface area contributed by atoms with E-state index in [4.69, 9.17) is 18.9 Å². The summed E-state index contributed by atoms with van der Waals surface area (Å²) in [6.07, 6.45) is 0.128. The van der Waals surface area contributed by atoms with Crippen molar-refractivity contribution in [2.75, 3.05) is 33.0 Å². The minimum absolute atomic E-state index is 0.0642. The van der Waals surface area contributed by atoms with Crippen LogP contribution in [0.25, 0.3) is 0 Å². The number of carbonyl (C=O) groups is 1. The molecule has 0 bridgehead atoms. The Morgan fingerprint density at radius 2 is 2.00 bits per heavy atom. The van der Waals surface area contributed by atoms with Gasteiger partial charge < -0.3 is 29.2 Å². The fraction of sp³-hybridized carbons (Fsp3) is 0.562. The number of fused-ring (bicyclic) bond motifs is 1. The van der Waals surface area contributed by atoms with Crippen LogP contribution in [0.4, 0.5) is 4.79 Å². The Balaban J connectivity index is 1.40. The lowest BCUT2D eigenvalue weighted by atomic mass is 10.2. The Morgan fingerprint density at radius 3 is 2.78 bits per heavy atom. The van der Waals surface area contributed by atoms with Crippen molar-refractivity contribution in [3.05, 3.63) is 18.2 Å². The van der Waals surface area contributed by atoms with Gasteiger partial charge in [-0.25, -0.2) is 4.79 Å². The Bertz CT molecular complexity index is 555. The minimum Gasteiger partial charge on any atom is -0.492 e. The summed E-state index contributed by atoms with van der Waals surface area (Å²) in [5, 5.41) is 2.87. The second kappa shape index (κ2) is 6.95. The number of benzene rings is 1. The molecule has 126 valence electrons. The molecule has 0 aliphatic carbocycles. The standard InChI is InChI=1S/C16H22N2O5/c1-11-8-18(9-12(2)23-11)16(19)17-5-6-20-13-3-4-14-15(7-13)22-10-21-14/h3-4,7,11-12H,5-6,8-10H2,1-2H3,(H,17,19)/t11-,12-/m0/s1. The van der Waals surface area contributed by atoms with Gasteiger partial charge >= 0.3 is 6.03 Å². The summed E-state index contributed by atoms with van der Waals surface area (Å²) in [4.78, 5) is 13.9. The highest BCUT2D eigenvalue weighted by Crippen LogP contribution is 2.34. The maximum atomic E-state index is 12.1. The largest absolute Gasteiger partial charge is 0.492 e. The molecule has 7 nitrogen and oxygen atoms in total. The first-order valence-corrected chi connectivity index (χ1v) is 7.82. The summed E-state index contributed by atoms with van der Waals surface area (Å²) in [5.41, 5.74) is 0. The summed E-state index contributed by atoms with van der Waals surface area (Å²) in [7, 11) is 0. The molecule has 0 aromatic heterocycles. The molecule has 1 N–H and O–H groups in total. The molecule has 2 atom stereocenters. The molecule has 1 saturated heterocycles. The van der Waals surface area contributed by atoms with Gasteiger partial charge in [0.25, 0.3) is 0 Å². The number of rotatable bonds is 4. The first kappa shape index (κ1) is 15.7. The van der Waals surface area contributed by atoms with Gasteiger partial charge in [0.1, 0.15) is 12.4 Å². The Hall–Kier alpha value is -2.15. The SMILES string of the molecule is C[C@H]1CN(C(=O)NCCOc2ccc3c(c2)OCO3)C[C@H](C)O1. The van der Waals surface area contributed by atoms with E-state index in [-0.39, 0.29) is 25.0 Å². The summed E-state index contributed by atoms with van der Waals surface area (Å²) in [6.45, 7) is 6.23. The molecule has 23 heavy (non-hydrogen) atoms. The third-order valence-corrected chi connectivity index (χ3v) is 3.70. The van der Waals surface area contributed by atoms with Crippen molar-refractivity contribution >= 4 is 6.03 Å². The number of carbonyl (C=O) groups excluding carboxylic acids is 1. The van der Waals surface area contributed by atoms with E-state index in [1.165, 1.54) is 0 Å². The van der Waals surface area contributed by atoms with Gasteiger partial charge in [-0.1, -0.05) is 0 Å². The second-order valence-electron chi connectivity index (χ2n) is 5.76. The molecular weight excluding hydrogens is 300 g/mol. The van der Waals surface area contributed by atoms with E-state index in [2.05, 4.69) is 5.32 Å². The van der Waals surface area contributed by atoms with Crippen LogP contribution in [0.3, 0.4) is 0 Å². The summed E-state index contributed by atoms with van der Waals surface area (Å²) < 4.78 is 21.8. The van der Waals surface area contributed by atoms with E-state index in [0.29, 0.717) is 37.7 Å². The van der Waals surface area contributed by atoms with Gasteiger partial charge in [-0.2, -0.15) is 0 Å². The molecule has 0 unspecified atom stereocenters. The molecule has 0 saturated carbocycles. The van der Waals surface area contributed by atoms with Crippen molar-refractivity contribution in [1.82, 2.24) is 10.2 Å². The van der Waals surface area contributed by atoms with Crippen LogP contribution < -0.4 is 19.5 Å². The molecule has 1 aromatic rings. The third-order valence-electron chi connectivity index (χ3n) is 3.70. The molecule has 1 aromatic carbocycles. The van der Waals surface area contributed by atoms with Gasteiger partial charge in [0.15, 0.2) is 11.5 Å². The number of morpholine rings is 1. The topological polar surface area (TPSA) is 69.3 Å². The van der Waals surface area contributed by atoms with Gasteiger partial charge in [-0.15, -0.1) is 0 Å². The van der Waals surface area contributed by atoms with Gasteiger partial charge in [0.05, 0.1) is 18.8 Å². The summed E-state index contributed by atoms with van der Waals surface area (Å²) in [5.74, 6) is 2.10. The number of nitrogens with zero attached hydrogens (tertiary/aromatic N) is 1. The first-order valence-electron chi connectivity index (χ1n) is 7.82. The van der Waals surface area contributed by atoms with Crippen molar-refractivity contribution in [1.29, 1.82) is 0 Å². The van der Waals surface area contributed by atoms with Crippen molar-refractivity contribution in [3.8, 4) is 17.2 Å². The second-order valence-corrected chi connectivity index (χ2v) is 5.76. The molecule has 0 radical (unpaired) electrons. The lowest BCUT2D eigenvalue weighted by Gasteiger charge is -2.35. The first-order chi connectivity index (χ1) is 11.1. The van der Waals surface area contributed by atoms with Crippen molar-refractivity contribution in [2.45, 2.75) is 26.1 Å². The lowest BCUT2D eigenvalue weighted by Crippen LogP contribution is -2.52. The van der Waals surface area contributed by atoms with Gasteiger partial charge in [0, 0.05) is 19.2 Å². The normalized spacial score (nSPS) is 22.8. The molecular formula is C16H22N2O5. The number of hydrogen-bond acceptors (Lipinski definition) is 5. The maximum Gasteiger partial charge on any atom is 0.317 e. The minimum atomic E-state index is -0.0821. The predicted octanol–water partition coefficient (Wildman–Crippen LogP) is 1.61. The van der Waals surface area contributed by atoms with Gasteiger partial charge in [-0.05, 0) is 26.0 Å². The van der Waals surface area contributed by atoms with Crippen LogP contribution in [-0.2, 0) is 4.74 Å². The van der Waals surface area contributed by atoms with Crippen LogP contribution in [0.1, 0.15) is 13.8 Å². The number of nitrogens with one attached hydrogen (secondary N) is 1. The zero-order valence-corrected chi connectivity index (χ0v) is 13.4. The van der Waals surface area contributed by atoms with E-state index in [1.807, 2.05) is 26.0 Å². The fourth-order valence-corrected chi connectivity index (χ4v) is 2.75. The molecule has 3 rings (SSSR count). The van der Waals surface area contributed by atoms with Gasteiger partial charge in [0.2, 0.25) is 6.79 Å². The zero-order valence-electron chi connectivity index (χ0n) is 13.4. The van der Waals surface area contributed by atoms with Crippen LogP contribution in [-0.4, -0.2) is 56.2 Å². The zero-order chi connectivity index (χ0) is 16.2. The molecule has 7 heteroatoms. The van der Waals surface area contributed by atoms with Crippen LogP contribution in [0.5, 0.6) is 17.2 Å². The Morgan fingerprint density at radius 1 is 1.26 bits per heavy atom. The van der Waals surface area contributed by atoms with E-state index >= 15 is 0 Å². The Kier molecular flexibility index (Phi) is 4.76. The van der Waals surface area contributed by atoms with Crippen molar-refractivity contribution in [3.63, 3.8) is 0 Å². The quantitative estimate of drug-likeness (QED) is 0.853. The highest BCUT2D eigenvalue weighted by Gasteiger charge is 2.25. The van der Waals surface area contributed by atoms with Crippen LogP contribution in [0.2, 0.25) is 0 Å². The molecule has 1 fully saturated rings. The highest BCUT2D eigenvalue weighted by atomic mass is 16.7. The van der Waals surface area contributed by atoms with Crippen molar-refractivity contribution < 1.29 is 23.7 Å². The van der Waals surface area contributed by atoms with Crippen LogP contribution in [0, 0.1) is 0 Å².